The summed E-state index contributed by atoms with van der Waals surface area (Å²) in [6, 6.07) is 6.50. The van der Waals surface area contributed by atoms with Gasteiger partial charge in [-0.25, -0.2) is 4.79 Å². The van der Waals surface area contributed by atoms with Crippen molar-refractivity contribution in [2.45, 2.75) is 32.2 Å². The second kappa shape index (κ2) is 7.58. The number of ether oxygens (including phenoxy) is 1. The Bertz CT molecular complexity index is 362. The zero-order valence-electron chi connectivity index (χ0n) is 10.7. The van der Waals surface area contributed by atoms with E-state index in [0.29, 0.717) is 13.0 Å². The third kappa shape index (κ3) is 4.65. The molecule has 0 bridgehead atoms. The van der Waals surface area contributed by atoms with Gasteiger partial charge in [-0.1, -0.05) is 32.4 Å². The van der Waals surface area contributed by atoms with Crippen LogP contribution < -0.4 is 5.32 Å². The van der Waals surface area contributed by atoms with Crippen molar-refractivity contribution >= 4 is 6.09 Å². The first-order chi connectivity index (χ1) is 8.67. The number of alkyl carbamates (subject to hydrolysis) is 1. The van der Waals surface area contributed by atoms with E-state index in [1.807, 2.05) is 6.92 Å². The molecule has 0 aliphatic heterocycles. The average Bonchev–Trinajstić information content (AvgIpc) is 2.37. The lowest BCUT2D eigenvalue weighted by molar-refractivity contribution is 0.140. The standard InChI is InChI=1S/C14H20NO3/c1-3-5-10-18-14(17)15-13(4-2)11-6-8-12(16)9-7-11/h6-9,13,16H,2-5,10H2,1H3,(H,15,17). The van der Waals surface area contributed by atoms with Gasteiger partial charge in [0.15, 0.2) is 0 Å². The van der Waals surface area contributed by atoms with Crippen LogP contribution in [-0.2, 0) is 4.74 Å². The minimum absolute atomic E-state index is 0.195. The average molecular weight is 250 g/mol. The smallest absolute Gasteiger partial charge is 0.407 e. The van der Waals surface area contributed by atoms with Crippen molar-refractivity contribution in [1.82, 2.24) is 5.32 Å². The molecule has 1 aromatic rings. The zero-order chi connectivity index (χ0) is 13.4. The van der Waals surface area contributed by atoms with Crippen molar-refractivity contribution in [3.05, 3.63) is 36.8 Å². The first kappa shape index (κ1) is 14.4. The summed E-state index contributed by atoms with van der Waals surface area (Å²) in [6.07, 6.45) is 1.95. The van der Waals surface area contributed by atoms with E-state index in [0.717, 1.165) is 18.4 Å². The first-order valence-corrected chi connectivity index (χ1v) is 6.18. The second-order valence-corrected chi connectivity index (χ2v) is 4.07. The van der Waals surface area contributed by atoms with Crippen LogP contribution in [-0.4, -0.2) is 17.8 Å². The molecule has 0 aromatic heterocycles. The fraction of sp³-hybridized carbons (Fsp3) is 0.429. The number of unbranched alkanes of at least 4 members (excludes halogenated alkanes) is 1. The number of hydrogen-bond acceptors (Lipinski definition) is 3. The maximum Gasteiger partial charge on any atom is 0.407 e. The molecule has 0 aliphatic rings. The SMILES string of the molecule is [CH2]CC(NC(=O)OCCCC)c1ccc(O)cc1. The van der Waals surface area contributed by atoms with Gasteiger partial charge in [0.05, 0.1) is 12.6 Å². The molecule has 2 N–H and O–H groups in total. The Hall–Kier alpha value is -1.71. The van der Waals surface area contributed by atoms with E-state index in [1.165, 1.54) is 0 Å². The highest BCUT2D eigenvalue weighted by Crippen LogP contribution is 2.19. The van der Waals surface area contributed by atoms with E-state index in [1.54, 1.807) is 24.3 Å². The van der Waals surface area contributed by atoms with Gasteiger partial charge < -0.3 is 15.2 Å². The van der Waals surface area contributed by atoms with Crippen molar-refractivity contribution in [2.24, 2.45) is 0 Å². The summed E-state index contributed by atoms with van der Waals surface area (Å²) in [7, 11) is 0. The number of nitrogens with one attached hydrogen (secondary N) is 1. The maximum atomic E-state index is 11.5. The molecular formula is C14H20NO3. The Morgan fingerprint density at radius 2 is 2.11 bits per heavy atom. The minimum Gasteiger partial charge on any atom is -0.508 e. The number of hydrogen-bond donors (Lipinski definition) is 2. The molecule has 0 saturated heterocycles. The van der Waals surface area contributed by atoms with Gasteiger partial charge >= 0.3 is 6.09 Å². The summed E-state index contributed by atoms with van der Waals surface area (Å²) < 4.78 is 5.03. The van der Waals surface area contributed by atoms with E-state index < -0.39 is 6.09 Å². The lowest BCUT2D eigenvalue weighted by Crippen LogP contribution is -2.29. The third-order valence-corrected chi connectivity index (χ3v) is 2.61. The lowest BCUT2D eigenvalue weighted by atomic mass is 10.0. The van der Waals surface area contributed by atoms with Gasteiger partial charge in [0.25, 0.3) is 0 Å². The summed E-state index contributed by atoms with van der Waals surface area (Å²) in [5, 5.41) is 12.0. The number of phenolic OH excluding ortho intramolecular Hbond substituents is 1. The number of phenols is 1. The van der Waals surface area contributed by atoms with Gasteiger partial charge in [-0.15, -0.1) is 0 Å². The van der Waals surface area contributed by atoms with Crippen molar-refractivity contribution < 1.29 is 14.6 Å². The van der Waals surface area contributed by atoms with Crippen molar-refractivity contribution in [1.29, 1.82) is 0 Å². The minimum atomic E-state index is -0.426. The highest BCUT2D eigenvalue weighted by molar-refractivity contribution is 5.67. The van der Waals surface area contributed by atoms with Crippen LogP contribution in [0.4, 0.5) is 4.79 Å². The van der Waals surface area contributed by atoms with E-state index in [-0.39, 0.29) is 11.8 Å². The Labute approximate surface area is 108 Å². The van der Waals surface area contributed by atoms with E-state index in [2.05, 4.69) is 12.2 Å². The molecule has 99 valence electrons. The fourth-order valence-corrected chi connectivity index (χ4v) is 1.52. The number of carbonyl (C=O) groups is 1. The fourth-order valence-electron chi connectivity index (χ4n) is 1.52. The van der Waals surface area contributed by atoms with Gasteiger partial charge in [-0.3, -0.25) is 0 Å². The first-order valence-electron chi connectivity index (χ1n) is 6.18. The third-order valence-electron chi connectivity index (χ3n) is 2.61. The van der Waals surface area contributed by atoms with Crippen molar-refractivity contribution in [3.63, 3.8) is 0 Å². The normalized spacial score (nSPS) is 11.9. The van der Waals surface area contributed by atoms with Crippen LogP contribution in [0.25, 0.3) is 0 Å². The molecule has 1 atom stereocenters. The van der Waals surface area contributed by atoms with Crippen LogP contribution in [0.15, 0.2) is 24.3 Å². The molecule has 18 heavy (non-hydrogen) atoms. The number of benzene rings is 1. The van der Waals surface area contributed by atoms with Crippen molar-refractivity contribution in [2.75, 3.05) is 6.61 Å². The molecule has 1 amide bonds. The van der Waals surface area contributed by atoms with Gasteiger partial charge in [0, 0.05) is 0 Å². The van der Waals surface area contributed by atoms with Crippen LogP contribution in [0, 0.1) is 6.92 Å². The van der Waals surface area contributed by atoms with Gasteiger partial charge in [-0.2, -0.15) is 0 Å². The Balaban J connectivity index is 2.51. The Morgan fingerprint density at radius 1 is 1.44 bits per heavy atom. The van der Waals surface area contributed by atoms with E-state index in [4.69, 9.17) is 4.74 Å². The second-order valence-electron chi connectivity index (χ2n) is 4.07. The molecule has 1 unspecified atom stereocenters. The molecule has 4 heteroatoms. The van der Waals surface area contributed by atoms with Crippen LogP contribution in [0.3, 0.4) is 0 Å². The van der Waals surface area contributed by atoms with Crippen LogP contribution in [0.5, 0.6) is 5.75 Å². The topological polar surface area (TPSA) is 58.6 Å². The Morgan fingerprint density at radius 3 is 2.67 bits per heavy atom. The summed E-state index contributed by atoms with van der Waals surface area (Å²) in [5.74, 6) is 0.201. The number of rotatable bonds is 6. The molecular weight excluding hydrogens is 230 g/mol. The number of aromatic hydroxyl groups is 1. The molecule has 4 nitrogen and oxygen atoms in total. The van der Waals surface area contributed by atoms with Gasteiger partial charge in [0.2, 0.25) is 0 Å². The quantitative estimate of drug-likeness (QED) is 0.762. The van der Waals surface area contributed by atoms with Crippen LogP contribution in [0.2, 0.25) is 0 Å². The Kier molecular flexibility index (Phi) is 6.05. The molecule has 1 rings (SSSR count). The van der Waals surface area contributed by atoms with Crippen molar-refractivity contribution in [3.8, 4) is 5.75 Å². The summed E-state index contributed by atoms with van der Waals surface area (Å²) in [5.41, 5.74) is 0.898. The number of carbonyl (C=O) groups excluding carboxylic acids is 1. The van der Waals surface area contributed by atoms with Crippen LogP contribution in [0.1, 0.15) is 37.8 Å². The zero-order valence-corrected chi connectivity index (χ0v) is 10.7. The highest BCUT2D eigenvalue weighted by atomic mass is 16.5. The predicted octanol–water partition coefficient (Wildman–Crippen LogP) is 3.18. The van der Waals surface area contributed by atoms with E-state index in [9.17, 15) is 9.90 Å². The highest BCUT2D eigenvalue weighted by Gasteiger charge is 2.13. The molecule has 0 spiro atoms. The maximum absolute atomic E-state index is 11.5. The summed E-state index contributed by atoms with van der Waals surface area (Å²) in [6.45, 7) is 6.27. The number of amides is 1. The van der Waals surface area contributed by atoms with Gasteiger partial charge in [-0.05, 0) is 30.5 Å². The van der Waals surface area contributed by atoms with Gasteiger partial charge in [0.1, 0.15) is 5.75 Å². The monoisotopic (exact) mass is 250 g/mol. The molecule has 0 aliphatic carbocycles. The molecule has 1 radical (unpaired) electrons. The summed E-state index contributed by atoms with van der Waals surface area (Å²) in [4.78, 5) is 11.5. The largest absolute Gasteiger partial charge is 0.508 e. The van der Waals surface area contributed by atoms with Crippen LogP contribution >= 0.6 is 0 Å². The predicted molar refractivity (Wildman–Crippen MR) is 70.2 cm³/mol. The van der Waals surface area contributed by atoms with E-state index >= 15 is 0 Å². The molecule has 0 saturated carbocycles. The molecule has 0 heterocycles. The molecule has 1 aromatic carbocycles. The molecule has 0 fully saturated rings. The lowest BCUT2D eigenvalue weighted by Gasteiger charge is -2.17. The summed E-state index contributed by atoms with van der Waals surface area (Å²) >= 11 is 0.